The Labute approximate surface area is 156 Å². The van der Waals surface area contributed by atoms with Crippen molar-refractivity contribution in [2.75, 3.05) is 0 Å². The van der Waals surface area contributed by atoms with Crippen molar-refractivity contribution in [3.8, 4) is 0 Å². The summed E-state index contributed by atoms with van der Waals surface area (Å²) >= 11 is 3.45. The van der Waals surface area contributed by atoms with E-state index in [2.05, 4.69) is 36.7 Å². The van der Waals surface area contributed by atoms with Crippen molar-refractivity contribution < 1.29 is 9.53 Å². The predicted molar refractivity (Wildman–Crippen MR) is 105 cm³/mol. The fourth-order valence-electron chi connectivity index (χ4n) is 2.95. The lowest BCUT2D eigenvalue weighted by atomic mass is 9.95. The zero-order chi connectivity index (χ0) is 17.8. The smallest absolute Gasteiger partial charge is 0.309 e. The number of halogens is 1. The topological polar surface area (TPSA) is 26.3 Å². The van der Waals surface area contributed by atoms with Crippen LogP contribution in [0.25, 0.3) is 0 Å². The third kappa shape index (κ3) is 7.83. The highest BCUT2D eigenvalue weighted by Crippen LogP contribution is 2.27. The van der Waals surface area contributed by atoms with Crippen LogP contribution in [-0.4, -0.2) is 5.97 Å². The molecule has 0 bridgehead atoms. The summed E-state index contributed by atoms with van der Waals surface area (Å²) in [5.41, 5.74) is 1.08. The number of carbonyl (C=O) groups is 1. The number of ether oxygens (including phenoxy) is 1. The SMILES string of the molecule is CCCCCCC(CCCC)C(=O)OC(CC)c1ccc(Br)cc1. The number of carbonyl (C=O) groups excluding carboxylic acids is 1. The van der Waals surface area contributed by atoms with Gasteiger partial charge < -0.3 is 4.74 Å². The van der Waals surface area contributed by atoms with Crippen molar-refractivity contribution in [3.05, 3.63) is 34.3 Å². The van der Waals surface area contributed by atoms with Crippen LogP contribution in [0.1, 0.15) is 90.2 Å². The summed E-state index contributed by atoms with van der Waals surface area (Å²) < 4.78 is 6.93. The number of hydrogen-bond acceptors (Lipinski definition) is 2. The van der Waals surface area contributed by atoms with E-state index in [0.717, 1.165) is 48.6 Å². The van der Waals surface area contributed by atoms with Crippen LogP contribution in [0.3, 0.4) is 0 Å². The lowest BCUT2D eigenvalue weighted by molar-refractivity contribution is -0.155. The highest BCUT2D eigenvalue weighted by Gasteiger charge is 2.23. The molecular formula is C21H33BrO2. The summed E-state index contributed by atoms with van der Waals surface area (Å²) in [4.78, 5) is 12.7. The van der Waals surface area contributed by atoms with E-state index in [1.807, 2.05) is 24.3 Å². The first-order valence-electron chi connectivity index (χ1n) is 9.58. The number of unbranched alkanes of at least 4 members (excludes halogenated alkanes) is 4. The maximum absolute atomic E-state index is 12.7. The van der Waals surface area contributed by atoms with Gasteiger partial charge in [0.2, 0.25) is 0 Å². The van der Waals surface area contributed by atoms with Gasteiger partial charge in [0.25, 0.3) is 0 Å². The molecule has 0 amide bonds. The molecule has 2 atom stereocenters. The van der Waals surface area contributed by atoms with Crippen LogP contribution < -0.4 is 0 Å². The molecule has 1 aromatic rings. The van der Waals surface area contributed by atoms with Gasteiger partial charge in [-0.2, -0.15) is 0 Å². The second kappa shape index (κ2) is 12.5. The molecule has 0 saturated heterocycles. The lowest BCUT2D eigenvalue weighted by Crippen LogP contribution is -2.20. The van der Waals surface area contributed by atoms with Crippen molar-refractivity contribution in [1.82, 2.24) is 0 Å². The molecule has 0 heterocycles. The van der Waals surface area contributed by atoms with Gasteiger partial charge in [0.1, 0.15) is 6.10 Å². The lowest BCUT2D eigenvalue weighted by Gasteiger charge is -2.21. The Bertz CT molecular complexity index is 455. The molecule has 0 N–H and O–H groups in total. The molecule has 0 saturated carbocycles. The van der Waals surface area contributed by atoms with E-state index in [-0.39, 0.29) is 18.0 Å². The zero-order valence-electron chi connectivity index (χ0n) is 15.5. The molecule has 24 heavy (non-hydrogen) atoms. The Balaban J connectivity index is 2.63. The predicted octanol–water partition coefficient (Wildman–Crippen LogP) is 7.22. The number of hydrogen-bond donors (Lipinski definition) is 0. The van der Waals surface area contributed by atoms with Crippen LogP contribution in [-0.2, 0) is 9.53 Å². The van der Waals surface area contributed by atoms with E-state index in [1.54, 1.807) is 0 Å². The van der Waals surface area contributed by atoms with Gasteiger partial charge in [-0.15, -0.1) is 0 Å². The Morgan fingerprint density at radius 1 is 0.958 bits per heavy atom. The van der Waals surface area contributed by atoms with E-state index >= 15 is 0 Å². The van der Waals surface area contributed by atoms with Crippen molar-refractivity contribution in [1.29, 1.82) is 0 Å². The average molecular weight is 397 g/mol. The largest absolute Gasteiger partial charge is 0.457 e. The Morgan fingerprint density at radius 2 is 1.58 bits per heavy atom. The highest BCUT2D eigenvalue weighted by atomic mass is 79.9. The van der Waals surface area contributed by atoms with Crippen molar-refractivity contribution in [2.24, 2.45) is 5.92 Å². The second-order valence-corrected chi connectivity index (χ2v) is 7.49. The summed E-state index contributed by atoms with van der Waals surface area (Å²) in [6, 6.07) is 8.08. The number of rotatable bonds is 12. The molecule has 136 valence electrons. The van der Waals surface area contributed by atoms with Crippen LogP contribution in [0.5, 0.6) is 0 Å². The van der Waals surface area contributed by atoms with E-state index in [0.29, 0.717) is 0 Å². The molecule has 1 aromatic carbocycles. The number of esters is 1. The molecule has 0 aliphatic heterocycles. The van der Waals surface area contributed by atoms with Gasteiger partial charge in [-0.05, 0) is 37.0 Å². The van der Waals surface area contributed by atoms with Crippen LogP contribution in [0.15, 0.2) is 28.7 Å². The van der Waals surface area contributed by atoms with Gasteiger partial charge in [-0.25, -0.2) is 0 Å². The molecule has 3 heteroatoms. The molecule has 0 aliphatic rings. The minimum absolute atomic E-state index is 0.00489. The summed E-state index contributed by atoms with van der Waals surface area (Å²) in [5, 5.41) is 0. The molecular weight excluding hydrogens is 364 g/mol. The normalized spacial score (nSPS) is 13.5. The Morgan fingerprint density at radius 3 is 2.17 bits per heavy atom. The summed E-state index contributed by atoms with van der Waals surface area (Å²) in [5.74, 6) is 0.0565. The van der Waals surface area contributed by atoms with Crippen LogP contribution >= 0.6 is 15.9 Å². The van der Waals surface area contributed by atoms with Gasteiger partial charge in [0, 0.05) is 4.47 Å². The van der Waals surface area contributed by atoms with Crippen LogP contribution in [0.4, 0.5) is 0 Å². The molecule has 1 rings (SSSR count). The minimum Gasteiger partial charge on any atom is -0.457 e. The molecule has 0 fully saturated rings. The molecule has 0 spiro atoms. The van der Waals surface area contributed by atoms with Gasteiger partial charge in [0.05, 0.1) is 5.92 Å². The standard InChI is InChI=1S/C21H33BrO2/c1-4-7-9-10-12-18(11-8-5-2)21(23)24-20(6-3)17-13-15-19(22)16-14-17/h13-16,18,20H,4-12H2,1-3H3. The molecule has 0 aromatic heterocycles. The van der Waals surface area contributed by atoms with Crippen molar-refractivity contribution >= 4 is 21.9 Å². The first-order valence-corrected chi connectivity index (χ1v) is 10.4. The van der Waals surface area contributed by atoms with E-state index < -0.39 is 0 Å². The molecule has 0 radical (unpaired) electrons. The fraction of sp³-hybridized carbons (Fsp3) is 0.667. The monoisotopic (exact) mass is 396 g/mol. The zero-order valence-corrected chi connectivity index (χ0v) is 17.1. The maximum atomic E-state index is 12.7. The molecule has 2 unspecified atom stereocenters. The molecule has 2 nitrogen and oxygen atoms in total. The average Bonchev–Trinajstić information content (AvgIpc) is 2.59. The Kier molecular flexibility index (Phi) is 11.1. The quantitative estimate of drug-likeness (QED) is 0.275. The highest BCUT2D eigenvalue weighted by molar-refractivity contribution is 9.10. The third-order valence-corrected chi connectivity index (χ3v) is 5.05. The summed E-state index contributed by atoms with van der Waals surface area (Å²) in [7, 11) is 0. The van der Waals surface area contributed by atoms with E-state index in [9.17, 15) is 4.79 Å². The summed E-state index contributed by atoms with van der Waals surface area (Å²) in [6.07, 6.45) is 9.66. The summed E-state index contributed by atoms with van der Waals surface area (Å²) in [6.45, 7) is 6.46. The molecule has 0 aliphatic carbocycles. The first-order chi connectivity index (χ1) is 11.6. The van der Waals surface area contributed by atoms with Gasteiger partial charge >= 0.3 is 5.97 Å². The third-order valence-electron chi connectivity index (χ3n) is 4.52. The second-order valence-electron chi connectivity index (χ2n) is 6.57. The first kappa shape index (κ1) is 21.2. The van der Waals surface area contributed by atoms with Gasteiger partial charge in [-0.3, -0.25) is 4.79 Å². The van der Waals surface area contributed by atoms with E-state index in [4.69, 9.17) is 4.74 Å². The Hall–Kier alpha value is -0.830. The van der Waals surface area contributed by atoms with Crippen molar-refractivity contribution in [3.63, 3.8) is 0 Å². The van der Waals surface area contributed by atoms with Crippen molar-refractivity contribution in [2.45, 2.75) is 84.7 Å². The minimum atomic E-state index is -0.134. The fourth-order valence-corrected chi connectivity index (χ4v) is 3.21. The van der Waals surface area contributed by atoms with Gasteiger partial charge in [-0.1, -0.05) is 87.4 Å². The van der Waals surface area contributed by atoms with E-state index in [1.165, 1.54) is 19.3 Å². The number of benzene rings is 1. The van der Waals surface area contributed by atoms with Gasteiger partial charge in [0.15, 0.2) is 0 Å². The van der Waals surface area contributed by atoms with Crippen LogP contribution in [0, 0.1) is 5.92 Å². The maximum Gasteiger partial charge on any atom is 0.309 e. The van der Waals surface area contributed by atoms with Crippen LogP contribution in [0.2, 0.25) is 0 Å².